The number of aromatic nitrogens is 1. The Morgan fingerprint density at radius 2 is 2.00 bits per heavy atom. The summed E-state index contributed by atoms with van der Waals surface area (Å²) in [6.07, 6.45) is 0. The average molecular weight is 270 g/mol. The second-order valence-corrected chi connectivity index (χ2v) is 4.78. The summed E-state index contributed by atoms with van der Waals surface area (Å²) in [6, 6.07) is 13.4. The molecule has 1 atom stereocenters. The molecule has 0 aliphatic heterocycles. The highest BCUT2D eigenvalue weighted by Crippen LogP contribution is 2.17. The number of nitrogens with zero attached hydrogens (tertiary/aromatic N) is 1. The molecule has 0 bridgehead atoms. The Kier molecular flexibility index (Phi) is 4.48. The van der Waals surface area contributed by atoms with Crippen molar-refractivity contribution in [1.29, 1.82) is 0 Å². The van der Waals surface area contributed by atoms with Crippen molar-refractivity contribution in [3.63, 3.8) is 0 Å². The maximum Gasteiger partial charge on any atom is 0.354 e. The highest BCUT2D eigenvalue weighted by Gasteiger charge is 2.09. The van der Waals surface area contributed by atoms with Crippen LogP contribution in [0.5, 0.6) is 0 Å². The largest absolute Gasteiger partial charge is 0.477 e. The van der Waals surface area contributed by atoms with Gasteiger partial charge in [0.1, 0.15) is 5.69 Å². The van der Waals surface area contributed by atoms with E-state index < -0.39 is 5.97 Å². The van der Waals surface area contributed by atoms with Gasteiger partial charge in [0, 0.05) is 12.6 Å². The minimum Gasteiger partial charge on any atom is -0.477 e. The van der Waals surface area contributed by atoms with Crippen LogP contribution in [-0.2, 0) is 6.54 Å². The number of pyridine rings is 1. The third kappa shape index (κ3) is 3.42. The number of hydrogen-bond acceptors (Lipinski definition) is 3. The van der Waals surface area contributed by atoms with Gasteiger partial charge in [0.2, 0.25) is 0 Å². The fourth-order valence-corrected chi connectivity index (χ4v) is 2.14. The smallest absolute Gasteiger partial charge is 0.354 e. The molecule has 4 nitrogen and oxygen atoms in total. The van der Waals surface area contributed by atoms with Gasteiger partial charge in [-0.2, -0.15) is 0 Å². The highest BCUT2D eigenvalue weighted by molar-refractivity contribution is 5.85. The number of carboxylic acids is 1. The fourth-order valence-electron chi connectivity index (χ4n) is 2.14. The monoisotopic (exact) mass is 270 g/mol. The first-order valence-electron chi connectivity index (χ1n) is 6.56. The molecule has 20 heavy (non-hydrogen) atoms. The summed E-state index contributed by atoms with van der Waals surface area (Å²) in [6.45, 7) is 4.71. The van der Waals surface area contributed by atoms with E-state index in [4.69, 9.17) is 5.11 Å². The predicted molar refractivity (Wildman–Crippen MR) is 77.6 cm³/mol. The Bertz CT molecular complexity index is 611. The summed E-state index contributed by atoms with van der Waals surface area (Å²) < 4.78 is 0. The summed E-state index contributed by atoms with van der Waals surface area (Å²) in [5, 5.41) is 12.3. The number of aryl methyl sites for hydroxylation is 1. The van der Waals surface area contributed by atoms with Gasteiger partial charge in [-0.1, -0.05) is 30.3 Å². The molecule has 2 N–H and O–H groups in total. The van der Waals surface area contributed by atoms with Crippen LogP contribution in [0, 0.1) is 6.92 Å². The van der Waals surface area contributed by atoms with Gasteiger partial charge in [-0.15, -0.1) is 0 Å². The molecule has 1 aromatic carbocycles. The lowest BCUT2D eigenvalue weighted by Crippen LogP contribution is -2.20. The maximum atomic E-state index is 10.9. The van der Waals surface area contributed by atoms with Gasteiger partial charge in [-0.05, 0) is 37.1 Å². The molecule has 1 heterocycles. The summed E-state index contributed by atoms with van der Waals surface area (Å²) >= 11 is 0. The Labute approximate surface area is 118 Å². The van der Waals surface area contributed by atoms with E-state index in [9.17, 15) is 4.79 Å². The van der Waals surface area contributed by atoms with Gasteiger partial charge in [-0.25, -0.2) is 9.78 Å². The number of nitrogens with one attached hydrogen (secondary N) is 1. The fraction of sp³-hybridized carbons (Fsp3) is 0.250. The number of hydrogen-bond donors (Lipinski definition) is 2. The topological polar surface area (TPSA) is 62.2 Å². The van der Waals surface area contributed by atoms with Crippen LogP contribution in [0.25, 0.3) is 0 Å². The molecule has 0 saturated carbocycles. The van der Waals surface area contributed by atoms with Crippen molar-refractivity contribution < 1.29 is 9.90 Å². The van der Waals surface area contributed by atoms with Gasteiger partial charge < -0.3 is 10.4 Å². The lowest BCUT2D eigenvalue weighted by atomic mass is 10.0. The van der Waals surface area contributed by atoms with E-state index in [1.807, 2.05) is 18.2 Å². The zero-order valence-corrected chi connectivity index (χ0v) is 11.6. The van der Waals surface area contributed by atoms with Crippen LogP contribution in [0.3, 0.4) is 0 Å². The second kappa shape index (κ2) is 6.30. The van der Waals surface area contributed by atoms with E-state index in [1.165, 1.54) is 17.2 Å². The van der Waals surface area contributed by atoms with Gasteiger partial charge in [0.15, 0.2) is 0 Å². The molecule has 0 aliphatic rings. The Balaban J connectivity index is 2.04. The third-order valence-electron chi connectivity index (χ3n) is 3.27. The molecule has 2 rings (SSSR count). The Morgan fingerprint density at radius 1 is 1.25 bits per heavy atom. The summed E-state index contributed by atoms with van der Waals surface area (Å²) in [5.41, 5.74) is 3.28. The Morgan fingerprint density at radius 3 is 2.70 bits per heavy atom. The van der Waals surface area contributed by atoms with Crippen LogP contribution in [0.4, 0.5) is 0 Å². The second-order valence-electron chi connectivity index (χ2n) is 4.78. The molecule has 0 amide bonds. The zero-order chi connectivity index (χ0) is 14.5. The normalized spacial score (nSPS) is 12.1. The van der Waals surface area contributed by atoms with Crippen molar-refractivity contribution in [3.05, 3.63) is 65.0 Å². The van der Waals surface area contributed by atoms with Gasteiger partial charge in [-0.3, -0.25) is 0 Å². The van der Waals surface area contributed by atoms with Crippen molar-refractivity contribution in [2.24, 2.45) is 0 Å². The molecule has 0 saturated heterocycles. The van der Waals surface area contributed by atoms with E-state index in [2.05, 4.69) is 36.3 Å². The van der Waals surface area contributed by atoms with Crippen LogP contribution in [0.1, 0.15) is 40.3 Å². The van der Waals surface area contributed by atoms with E-state index in [1.54, 1.807) is 6.07 Å². The molecular weight excluding hydrogens is 252 g/mol. The third-order valence-corrected chi connectivity index (χ3v) is 3.27. The van der Waals surface area contributed by atoms with Crippen LogP contribution in [0.15, 0.2) is 42.5 Å². The standard InChI is InChI=1S/C16H18N2O2/c1-11-6-3-4-8-14(11)12(2)17-10-13-7-5-9-15(18-13)16(19)20/h3-9,12,17H,10H2,1-2H3,(H,19,20)/t12-/m0/s1. The SMILES string of the molecule is Cc1ccccc1[C@H](C)NCc1cccc(C(=O)O)n1. The molecule has 104 valence electrons. The summed E-state index contributed by atoms with van der Waals surface area (Å²) in [5.74, 6) is -1.00. The van der Waals surface area contributed by atoms with Crippen molar-refractivity contribution in [2.75, 3.05) is 0 Å². The van der Waals surface area contributed by atoms with Gasteiger partial charge in [0.05, 0.1) is 5.69 Å². The Hall–Kier alpha value is -2.20. The van der Waals surface area contributed by atoms with E-state index >= 15 is 0 Å². The minimum absolute atomic E-state index is 0.0767. The van der Waals surface area contributed by atoms with Gasteiger partial charge >= 0.3 is 5.97 Å². The molecule has 0 radical (unpaired) electrons. The van der Waals surface area contributed by atoms with Crippen LogP contribution in [0.2, 0.25) is 0 Å². The zero-order valence-electron chi connectivity index (χ0n) is 11.6. The minimum atomic E-state index is -1.00. The molecule has 2 aromatic rings. The summed E-state index contributed by atoms with van der Waals surface area (Å²) in [4.78, 5) is 15.0. The highest BCUT2D eigenvalue weighted by atomic mass is 16.4. The van der Waals surface area contributed by atoms with E-state index in [-0.39, 0.29) is 11.7 Å². The number of carbonyl (C=O) groups is 1. The average Bonchev–Trinajstić information content (AvgIpc) is 2.45. The number of aromatic carboxylic acids is 1. The van der Waals surface area contributed by atoms with Crippen molar-refractivity contribution in [1.82, 2.24) is 10.3 Å². The molecular formula is C16H18N2O2. The molecule has 0 aliphatic carbocycles. The van der Waals surface area contributed by atoms with E-state index in [0.717, 1.165) is 5.69 Å². The number of carboxylic acid groups (broad SMARTS) is 1. The van der Waals surface area contributed by atoms with Crippen molar-refractivity contribution in [2.45, 2.75) is 26.4 Å². The maximum absolute atomic E-state index is 10.9. The first-order chi connectivity index (χ1) is 9.58. The first-order valence-corrected chi connectivity index (χ1v) is 6.56. The van der Waals surface area contributed by atoms with Crippen LogP contribution >= 0.6 is 0 Å². The van der Waals surface area contributed by atoms with Crippen molar-refractivity contribution in [3.8, 4) is 0 Å². The molecule has 1 aromatic heterocycles. The van der Waals surface area contributed by atoms with Gasteiger partial charge in [0.25, 0.3) is 0 Å². The predicted octanol–water partition coefficient (Wildman–Crippen LogP) is 2.94. The lowest BCUT2D eigenvalue weighted by molar-refractivity contribution is 0.0690. The van der Waals surface area contributed by atoms with Crippen LogP contribution in [-0.4, -0.2) is 16.1 Å². The van der Waals surface area contributed by atoms with Crippen LogP contribution < -0.4 is 5.32 Å². The van der Waals surface area contributed by atoms with Crippen molar-refractivity contribution >= 4 is 5.97 Å². The first kappa shape index (κ1) is 14.2. The molecule has 0 fully saturated rings. The number of rotatable bonds is 5. The molecule has 0 unspecified atom stereocenters. The number of benzene rings is 1. The lowest BCUT2D eigenvalue weighted by Gasteiger charge is -2.16. The van der Waals surface area contributed by atoms with E-state index in [0.29, 0.717) is 6.54 Å². The quantitative estimate of drug-likeness (QED) is 0.877. The summed E-state index contributed by atoms with van der Waals surface area (Å²) in [7, 11) is 0. The molecule has 4 heteroatoms. The molecule has 0 spiro atoms.